The van der Waals surface area contributed by atoms with E-state index in [1.807, 2.05) is 38.1 Å². The molecule has 18 heavy (non-hydrogen) atoms. The summed E-state index contributed by atoms with van der Waals surface area (Å²) >= 11 is 0. The summed E-state index contributed by atoms with van der Waals surface area (Å²) in [6, 6.07) is 7.80. The Morgan fingerprint density at radius 2 is 2.00 bits per heavy atom. The lowest BCUT2D eigenvalue weighted by molar-refractivity contribution is 1.02. The number of aryl methyl sites for hydroxylation is 2. The van der Waals surface area contributed by atoms with Gasteiger partial charge in [0.1, 0.15) is 0 Å². The highest BCUT2D eigenvalue weighted by molar-refractivity contribution is 5.87. The first kappa shape index (κ1) is 10.8. The van der Waals surface area contributed by atoms with Gasteiger partial charge >= 0.3 is 0 Å². The molecule has 0 aliphatic heterocycles. The van der Waals surface area contributed by atoms with Crippen molar-refractivity contribution in [1.29, 1.82) is 0 Å². The second-order valence-corrected chi connectivity index (χ2v) is 4.42. The van der Waals surface area contributed by atoms with Gasteiger partial charge in [0.25, 0.3) is 5.56 Å². The van der Waals surface area contributed by atoms with E-state index in [2.05, 4.69) is 15.2 Å². The highest BCUT2D eigenvalue weighted by atomic mass is 16.1. The normalized spacial score (nSPS) is 11.0. The van der Waals surface area contributed by atoms with Gasteiger partial charge in [-0.1, -0.05) is 12.1 Å². The minimum atomic E-state index is -0.0619. The number of benzene rings is 1. The molecule has 4 heteroatoms. The Hall–Kier alpha value is -2.36. The van der Waals surface area contributed by atoms with Crippen molar-refractivity contribution in [2.75, 3.05) is 0 Å². The van der Waals surface area contributed by atoms with E-state index < -0.39 is 0 Å². The lowest BCUT2D eigenvalue weighted by Gasteiger charge is -2.03. The number of hydrogen-bond donors (Lipinski definition) is 2. The van der Waals surface area contributed by atoms with Crippen LogP contribution in [0.4, 0.5) is 0 Å². The summed E-state index contributed by atoms with van der Waals surface area (Å²) in [5, 5.41) is 8.80. The highest BCUT2D eigenvalue weighted by Crippen LogP contribution is 2.27. The molecule has 0 fully saturated rings. The molecule has 0 unspecified atom stereocenters. The molecule has 2 aromatic heterocycles. The summed E-state index contributed by atoms with van der Waals surface area (Å²) in [6.45, 7) is 3.94. The third-order valence-electron chi connectivity index (χ3n) is 3.19. The van der Waals surface area contributed by atoms with E-state index in [9.17, 15) is 4.79 Å². The predicted octanol–water partition coefficient (Wildman–Crippen LogP) is 2.54. The van der Waals surface area contributed by atoms with Crippen LogP contribution in [0.15, 0.2) is 35.3 Å². The molecule has 1 aromatic carbocycles. The SMILES string of the molecule is Cc1n[nH]c(C)c1-c1ccc2cc[nH]c(=O)c2c1. The lowest BCUT2D eigenvalue weighted by Crippen LogP contribution is -2.04. The van der Waals surface area contributed by atoms with E-state index >= 15 is 0 Å². The first-order valence-electron chi connectivity index (χ1n) is 5.80. The summed E-state index contributed by atoms with van der Waals surface area (Å²) in [4.78, 5) is 14.5. The predicted molar refractivity (Wildman–Crippen MR) is 71.6 cm³/mol. The molecule has 0 radical (unpaired) electrons. The maximum Gasteiger partial charge on any atom is 0.255 e. The van der Waals surface area contributed by atoms with Crippen LogP contribution in [0, 0.1) is 13.8 Å². The molecule has 0 bridgehead atoms. The van der Waals surface area contributed by atoms with Crippen LogP contribution in [0.3, 0.4) is 0 Å². The summed E-state index contributed by atoms with van der Waals surface area (Å²) in [7, 11) is 0. The van der Waals surface area contributed by atoms with Crippen molar-refractivity contribution in [3.63, 3.8) is 0 Å². The van der Waals surface area contributed by atoms with E-state index in [0.29, 0.717) is 5.39 Å². The van der Waals surface area contributed by atoms with Crippen LogP contribution >= 0.6 is 0 Å². The first-order valence-corrected chi connectivity index (χ1v) is 5.80. The van der Waals surface area contributed by atoms with Gasteiger partial charge in [-0.2, -0.15) is 5.10 Å². The standard InChI is InChI=1S/C14H13N3O/c1-8-13(9(2)17-16-8)11-4-3-10-5-6-15-14(18)12(10)7-11/h3-7H,1-2H3,(H,15,18)(H,16,17). The van der Waals surface area contributed by atoms with Crippen molar-refractivity contribution in [2.45, 2.75) is 13.8 Å². The zero-order chi connectivity index (χ0) is 12.7. The smallest absolute Gasteiger partial charge is 0.255 e. The molecule has 4 nitrogen and oxygen atoms in total. The number of aromatic amines is 2. The van der Waals surface area contributed by atoms with E-state index in [1.54, 1.807) is 6.20 Å². The maximum atomic E-state index is 11.8. The average molecular weight is 239 g/mol. The van der Waals surface area contributed by atoms with E-state index in [-0.39, 0.29) is 5.56 Å². The number of H-pyrrole nitrogens is 2. The molecular weight excluding hydrogens is 226 g/mol. The van der Waals surface area contributed by atoms with Crippen LogP contribution in [-0.2, 0) is 0 Å². The van der Waals surface area contributed by atoms with Crippen molar-refractivity contribution >= 4 is 10.8 Å². The Bertz CT molecular complexity index is 764. The Balaban J connectivity index is 2.32. The Labute approximate surface area is 104 Å². The topological polar surface area (TPSA) is 61.5 Å². The molecule has 2 N–H and O–H groups in total. The molecule has 0 aliphatic rings. The zero-order valence-corrected chi connectivity index (χ0v) is 10.2. The third kappa shape index (κ3) is 1.54. The summed E-state index contributed by atoms with van der Waals surface area (Å²) in [5.74, 6) is 0. The van der Waals surface area contributed by atoms with E-state index in [1.165, 1.54) is 0 Å². The molecule has 3 aromatic rings. The number of nitrogens with one attached hydrogen (secondary N) is 2. The van der Waals surface area contributed by atoms with Crippen LogP contribution in [0.1, 0.15) is 11.4 Å². The van der Waals surface area contributed by atoms with Gasteiger partial charge in [-0.25, -0.2) is 0 Å². The Morgan fingerprint density at radius 3 is 2.72 bits per heavy atom. The fourth-order valence-corrected chi connectivity index (χ4v) is 2.31. The third-order valence-corrected chi connectivity index (χ3v) is 3.19. The molecule has 0 atom stereocenters. The molecule has 0 saturated heterocycles. The molecular formula is C14H13N3O. The molecule has 0 amide bonds. The second kappa shape index (κ2) is 3.84. The van der Waals surface area contributed by atoms with Crippen LogP contribution in [-0.4, -0.2) is 15.2 Å². The summed E-state index contributed by atoms with van der Waals surface area (Å²) in [6.07, 6.45) is 1.67. The summed E-state index contributed by atoms with van der Waals surface area (Å²) < 4.78 is 0. The van der Waals surface area contributed by atoms with Gasteiger partial charge in [0.05, 0.1) is 5.69 Å². The molecule has 0 saturated carbocycles. The van der Waals surface area contributed by atoms with Crippen molar-refractivity contribution < 1.29 is 0 Å². The fraction of sp³-hybridized carbons (Fsp3) is 0.143. The quantitative estimate of drug-likeness (QED) is 0.685. The van der Waals surface area contributed by atoms with Crippen molar-refractivity contribution in [3.05, 3.63) is 52.2 Å². The van der Waals surface area contributed by atoms with Crippen molar-refractivity contribution in [1.82, 2.24) is 15.2 Å². The van der Waals surface area contributed by atoms with Crippen LogP contribution in [0.5, 0.6) is 0 Å². The summed E-state index contributed by atoms with van der Waals surface area (Å²) in [5.41, 5.74) is 3.98. The second-order valence-electron chi connectivity index (χ2n) is 4.42. The van der Waals surface area contributed by atoms with Gasteiger partial charge in [-0.15, -0.1) is 0 Å². The van der Waals surface area contributed by atoms with Gasteiger partial charge in [0, 0.05) is 22.8 Å². The van der Waals surface area contributed by atoms with E-state index in [4.69, 9.17) is 0 Å². The number of pyridine rings is 1. The number of aromatic nitrogens is 3. The molecule has 0 spiro atoms. The minimum Gasteiger partial charge on any atom is -0.329 e. The Kier molecular flexibility index (Phi) is 2.30. The zero-order valence-electron chi connectivity index (χ0n) is 10.2. The van der Waals surface area contributed by atoms with Crippen LogP contribution in [0.2, 0.25) is 0 Å². The van der Waals surface area contributed by atoms with Crippen molar-refractivity contribution in [3.8, 4) is 11.1 Å². The molecule has 2 heterocycles. The first-order chi connectivity index (χ1) is 8.66. The van der Waals surface area contributed by atoms with E-state index in [0.717, 1.165) is 27.9 Å². The number of hydrogen-bond acceptors (Lipinski definition) is 2. The monoisotopic (exact) mass is 239 g/mol. The fourth-order valence-electron chi connectivity index (χ4n) is 2.31. The molecule has 0 aliphatic carbocycles. The largest absolute Gasteiger partial charge is 0.329 e. The van der Waals surface area contributed by atoms with Gasteiger partial charge < -0.3 is 4.98 Å². The van der Waals surface area contributed by atoms with Crippen molar-refractivity contribution in [2.24, 2.45) is 0 Å². The van der Waals surface area contributed by atoms with Gasteiger partial charge in [-0.05, 0) is 36.9 Å². The minimum absolute atomic E-state index is 0.0619. The lowest BCUT2D eigenvalue weighted by atomic mass is 10.0. The van der Waals surface area contributed by atoms with Gasteiger partial charge in [0.2, 0.25) is 0 Å². The van der Waals surface area contributed by atoms with Crippen LogP contribution < -0.4 is 5.56 Å². The molecule has 3 rings (SSSR count). The number of nitrogens with zero attached hydrogens (tertiary/aromatic N) is 1. The van der Waals surface area contributed by atoms with Gasteiger partial charge in [-0.3, -0.25) is 9.89 Å². The average Bonchev–Trinajstić information content (AvgIpc) is 2.69. The maximum absolute atomic E-state index is 11.8. The number of rotatable bonds is 1. The highest BCUT2D eigenvalue weighted by Gasteiger charge is 2.10. The van der Waals surface area contributed by atoms with Crippen LogP contribution in [0.25, 0.3) is 21.9 Å². The molecule has 90 valence electrons. The Morgan fingerprint density at radius 1 is 1.17 bits per heavy atom. The van der Waals surface area contributed by atoms with Gasteiger partial charge in [0.15, 0.2) is 0 Å². The number of fused-ring (bicyclic) bond motifs is 1.